The first-order valence-electron chi connectivity index (χ1n) is 9.97. The molecule has 0 unspecified atom stereocenters. The molecule has 1 aromatic carbocycles. The molecule has 7 nitrogen and oxygen atoms in total. The molecule has 0 radical (unpaired) electrons. The molecule has 1 aromatic heterocycles. The number of benzene rings is 1. The van der Waals surface area contributed by atoms with E-state index < -0.39 is 0 Å². The highest BCUT2D eigenvalue weighted by molar-refractivity contribution is 5.95. The first kappa shape index (κ1) is 19.4. The Morgan fingerprint density at radius 3 is 2.79 bits per heavy atom. The average molecular weight is 395 g/mol. The van der Waals surface area contributed by atoms with Crippen molar-refractivity contribution in [2.45, 2.75) is 38.5 Å². The van der Waals surface area contributed by atoms with Gasteiger partial charge in [0.15, 0.2) is 0 Å². The second-order valence-electron chi connectivity index (χ2n) is 7.67. The Balaban J connectivity index is 1.52. The monoisotopic (exact) mass is 395 g/mol. The van der Waals surface area contributed by atoms with Gasteiger partial charge in [-0.15, -0.1) is 0 Å². The summed E-state index contributed by atoms with van der Waals surface area (Å²) < 4.78 is 7.16. The zero-order valence-electron chi connectivity index (χ0n) is 16.5. The third-order valence-electron chi connectivity index (χ3n) is 5.68. The summed E-state index contributed by atoms with van der Waals surface area (Å²) >= 11 is 0. The second kappa shape index (κ2) is 8.21. The molecule has 0 spiro atoms. The fraction of sp³-hybridized carbons (Fsp3) is 0.409. The average Bonchev–Trinajstić information content (AvgIpc) is 2.73. The van der Waals surface area contributed by atoms with Gasteiger partial charge in [-0.1, -0.05) is 30.3 Å². The van der Waals surface area contributed by atoms with Gasteiger partial charge in [-0.2, -0.15) is 0 Å². The molecule has 2 saturated heterocycles. The van der Waals surface area contributed by atoms with Crippen LogP contribution in [0.25, 0.3) is 0 Å². The maximum Gasteiger partial charge on any atom is 0.263 e. The smallest absolute Gasteiger partial charge is 0.263 e. The zero-order valence-corrected chi connectivity index (χ0v) is 16.5. The first-order valence-corrected chi connectivity index (χ1v) is 9.97. The Kier molecular flexibility index (Phi) is 5.49. The molecule has 2 aliphatic heterocycles. The lowest BCUT2D eigenvalue weighted by atomic mass is 9.99. The van der Waals surface area contributed by atoms with Crippen LogP contribution in [-0.2, 0) is 22.5 Å². The maximum atomic E-state index is 13.2. The van der Waals surface area contributed by atoms with Crippen molar-refractivity contribution < 1.29 is 14.3 Å². The number of nitrogens with one attached hydrogen (secondary N) is 1. The molecule has 2 aromatic rings. The van der Waals surface area contributed by atoms with Crippen molar-refractivity contribution in [2.24, 2.45) is 0 Å². The lowest BCUT2D eigenvalue weighted by Crippen LogP contribution is -2.61. The number of rotatable bonds is 4. The van der Waals surface area contributed by atoms with Crippen LogP contribution >= 0.6 is 0 Å². The summed E-state index contributed by atoms with van der Waals surface area (Å²) in [4.78, 5) is 39.5. The number of hydrogen-bond donors (Lipinski definition) is 1. The largest absolute Gasteiger partial charge is 0.366 e. The van der Waals surface area contributed by atoms with Gasteiger partial charge in [-0.3, -0.25) is 14.4 Å². The summed E-state index contributed by atoms with van der Waals surface area (Å²) in [6.07, 6.45) is 3.04. The van der Waals surface area contributed by atoms with Crippen molar-refractivity contribution in [1.82, 2.24) is 14.8 Å². The molecule has 152 valence electrons. The van der Waals surface area contributed by atoms with Crippen LogP contribution in [0.2, 0.25) is 0 Å². The molecule has 2 aliphatic rings. The van der Waals surface area contributed by atoms with E-state index in [1.54, 1.807) is 22.6 Å². The minimum absolute atomic E-state index is 0.0685. The number of pyridine rings is 1. The standard InChI is InChI=1S/C22H25N3O4/c1-15-7-10-24(11-8-16-5-3-2-4-6-16)21(27)20(15)22(28)25-12-9-18-17(13-25)23-19(26)14-29-18/h2-7,10,17-18H,8-9,11-14H2,1H3,(H,23,26)/t17-,18+/m0/s1. The van der Waals surface area contributed by atoms with Crippen molar-refractivity contribution in [1.29, 1.82) is 0 Å². The van der Waals surface area contributed by atoms with Gasteiger partial charge >= 0.3 is 0 Å². The van der Waals surface area contributed by atoms with Gasteiger partial charge in [0.1, 0.15) is 12.2 Å². The van der Waals surface area contributed by atoms with Crippen LogP contribution in [0.4, 0.5) is 0 Å². The quantitative estimate of drug-likeness (QED) is 0.842. The number of carbonyl (C=O) groups is 2. The van der Waals surface area contributed by atoms with Crippen LogP contribution in [0.15, 0.2) is 47.4 Å². The van der Waals surface area contributed by atoms with Gasteiger partial charge < -0.3 is 19.5 Å². The second-order valence-corrected chi connectivity index (χ2v) is 7.67. The number of piperidine rings is 1. The van der Waals surface area contributed by atoms with Gasteiger partial charge in [0, 0.05) is 25.8 Å². The number of ether oxygens (including phenoxy) is 1. The van der Waals surface area contributed by atoms with Crippen molar-refractivity contribution in [2.75, 3.05) is 19.7 Å². The highest BCUT2D eigenvalue weighted by atomic mass is 16.5. The Morgan fingerprint density at radius 1 is 1.21 bits per heavy atom. The highest BCUT2D eigenvalue weighted by Crippen LogP contribution is 2.19. The number of hydrogen-bond acceptors (Lipinski definition) is 4. The Bertz CT molecular complexity index is 970. The van der Waals surface area contributed by atoms with E-state index in [-0.39, 0.29) is 41.7 Å². The fourth-order valence-corrected chi connectivity index (χ4v) is 4.04. The summed E-state index contributed by atoms with van der Waals surface area (Å²) in [6, 6.07) is 11.5. The van der Waals surface area contributed by atoms with Crippen molar-refractivity contribution >= 4 is 11.8 Å². The minimum Gasteiger partial charge on any atom is -0.366 e. The number of aryl methyl sites for hydroxylation is 3. The Morgan fingerprint density at radius 2 is 2.00 bits per heavy atom. The third kappa shape index (κ3) is 4.10. The van der Waals surface area contributed by atoms with E-state index in [1.165, 1.54) is 0 Å². The number of morpholine rings is 1. The minimum atomic E-state index is -0.278. The predicted molar refractivity (Wildman–Crippen MR) is 108 cm³/mol. The molecule has 0 aliphatic carbocycles. The van der Waals surface area contributed by atoms with Crippen LogP contribution in [0.3, 0.4) is 0 Å². The molecular formula is C22H25N3O4. The molecule has 0 bridgehead atoms. The number of carbonyl (C=O) groups excluding carboxylic acids is 2. The van der Waals surface area contributed by atoms with Gasteiger partial charge in [-0.05, 0) is 37.0 Å². The molecule has 2 amide bonds. The number of fused-ring (bicyclic) bond motifs is 1. The number of nitrogens with zero attached hydrogens (tertiary/aromatic N) is 2. The topological polar surface area (TPSA) is 80.6 Å². The SMILES string of the molecule is Cc1ccn(CCc2ccccc2)c(=O)c1C(=O)N1CC[C@H]2OCC(=O)N[C@H]2C1. The molecule has 2 fully saturated rings. The zero-order chi connectivity index (χ0) is 20.4. The fourth-order valence-electron chi connectivity index (χ4n) is 4.04. The van der Waals surface area contributed by atoms with E-state index >= 15 is 0 Å². The number of aromatic nitrogens is 1. The molecule has 4 rings (SSSR count). The van der Waals surface area contributed by atoms with Crippen LogP contribution < -0.4 is 10.9 Å². The Labute approximate surface area is 169 Å². The highest BCUT2D eigenvalue weighted by Gasteiger charge is 2.37. The van der Waals surface area contributed by atoms with Gasteiger partial charge in [0.05, 0.1) is 12.1 Å². The van der Waals surface area contributed by atoms with E-state index in [9.17, 15) is 14.4 Å². The maximum absolute atomic E-state index is 13.2. The Hall–Kier alpha value is -2.93. The van der Waals surface area contributed by atoms with Crippen LogP contribution in [0.5, 0.6) is 0 Å². The summed E-state index contributed by atoms with van der Waals surface area (Å²) in [5, 5.41) is 2.89. The van der Waals surface area contributed by atoms with Crippen molar-refractivity contribution in [3.8, 4) is 0 Å². The molecule has 2 atom stereocenters. The van der Waals surface area contributed by atoms with E-state index in [1.807, 2.05) is 36.4 Å². The molecule has 7 heteroatoms. The third-order valence-corrected chi connectivity index (χ3v) is 5.68. The summed E-state index contributed by atoms with van der Waals surface area (Å²) in [5.74, 6) is -0.445. The van der Waals surface area contributed by atoms with E-state index in [2.05, 4.69) is 5.32 Å². The molecule has 3 heterocycles. The van der Waals surface area contributed by atoms with E-state index in [0.717, 1.165) is 5.56 Å². The van der Waals surface area contributed by atoms with Crippen LogP contribution in [0.1, 0.15) is 27.9 Å². The lowest BCUT2D eigenvalue weighted by Gasteiger charge is -2.41. The number of likely N-dealkylation sites (tertiary alicyclic amines) is 1. The van der Waals surface area contributed by atoms with E-state index in [4.69, 9.17) is 4.74 Å². The van der Waals surface area contributed by atoms with E-state index in [0.29, 0.717) is 38.0 Å². The normalized spacial score (nSPS) is 21.4. The molecule has 0 saturated carbocycles. The lowest BCUT2D eigenvalue weighted by molar-refractivity contribution is -0.139. The summed E-state index contributed by atoms with van der Waals surface area (Å²) in [6.45, 7) is 3.23. The molecular weight excluding hydrogens is 370 g/mol. The predicted octanol–water partition coefficient (Wildman–Crippen LogP) is 1.13. The van der Waals surface area contributed by atoms with Gasteiger partial charge in [-0.25, -0.2) is 0 Å². The van der Waals surface area contributed by atoms with Crippen molar-refractivity contribution in [3.63, 3.8) is 0 Å². The van der Waals surface area contributed by atoms with Gasteiger partial charge in [0.2, 0.25) is 5.91 Å². The summed E-state index contributed by atoms with van der Waals surface area (Å²) in [7, 11) is 0. The molecule has 1 N–H and O–H groups in total. The summed E-state index contributed by atoms with van der Waals surface area (Å²) in [5.41, 5.74) is 1.75. The van der Waals surface area contributed by atoms with Crippen LogP contribution in [-0.4, -0.2) is 53.1 Å². The number of amides is 2. The van der Waals surface area contributed by atoms with Crippen LogP contribution in [0, 0.1) is 6.92 Å². The first-order chi connectivity index (χ1) is 14.0. The van der Waals surface area contributed by atoms with Crippen molar-refractivity contribution in [3.05, 3.63) is 69.6 Å². The molecule has 29 heavy (non-hydrogen) atoms. The van der Waals surface area contributed by atoms with Gasteiger partial charge in [0.25, 0.3) is 11.5 Å².